The molecule has 1 atom stereocenters. The van der Waals surface area contributed by atoms with Crippen molar-refractivity contribution in [1.29, 1.82) is 5.26 Å². The fourth-order valence-corrected chi connectivity index (χ4v) is 3.22. The first-order valence-corrected chi connectivity index (χ1v) is 8.49. The Hall–Kier alpha value is -3.67. The average Bonchev–Trinajstić information content (AvgIpc) is 2.67. The van der Waals surface area contributed by atoms with Gasteiger partial charge in [0.15, 0.2) is 5.78 Å². The second-order valence-electron chi connectivity index (χ2n) is 6.41. The third-order valence-electron chi connectivity index (χ3n) is 4.53. The van der Waals surface area contributed by atoms with E-state index in [1.165, 1.54) is 38.2 Å². The minimum absolute atomic E-state index is 0.00928. The molecule has 1 aliphatic heterocycles. The number of hydrogen-bond acceptors (Lipinski definition) is 4. The van der Waals surface area contributed by atoms with Gasteiger partial charge in [0.05, 0.1) is 17.3 Å². The van der Waals surface area contributed by atoms with Crippen LogP contribution in [0.3, 0.4) is 0 Å². The van der Waals surface area contributed by atoms with Gasteiger partial charge in [0, 0.05) is 17.5 Å². The largest absolute Gasteiger partial charge is 0.416 e. The Morgan fingerprint density at radius 1 is 1.28 bits per heavy atom. The predicted molar refractivity (Wildman–Crippen MR) is 97.5 cm³/mol. The number of urea groups is 1. The molecule has 148 valence electrons. The summed E-state index contributed by atoms with van der Waals surface area (Å²) in [6, 6.07) is 7.69. The molecule has 1 N–H and O–H groups in total. The van der Waals surface area contributed by atoms with Crippen LogP contribution in [0.5, 0.6) is 0 Å². The number of alkyl halides is 3. The summed E-state index contributed by atoms with van der Waals surface area (Å²) in [5.41, 5.74) is 0.170. The number of anilines is 1. The van der Waals surface area contributed by atoms with Gasteiger partial charge < -0.3 is 5.32 Å². The number of ketones is 1. The number of aromatic nitrogens is 1. The molecule has 1 aromatic carbocycles. The Balaban J connectivity index is 2.10. The predicted octanol–water partition coefficient (Wildman–Crippen LogP) is 4.11. The summed E-state index contributed by atoms with van der Waals surface area (Å²) in [5.74, 6) is -0.353. The molecule has 0 saturated heterocycles. The van der Waals surface area contributed by atoms with Crippen molar-refractivity contribution in [3.05, 3.63) is 70.7 Å². The van der Waals surface area contributed by atoms with Crippen LogP contribution in [0.4, 0.5) is 23.7 Å². The number of benzene rings is 1. The van der Waals surface area contributed by atoms with Crippen molar-refractivity contribution >= 4 is 17.5 Å². The number of pyridine rings is 1. The van der Waals surface area contributed by atoms with Gasteiger partial charge in [0.1, 0.15) is 11.8 Å². The fraction of sp³-hybridized carbons (Fsp3) is 0.200. The number of hydrogen-bond donors (Lipinski definition) is 1. The van der Waals surface area contributed by atoms with Gasteiger partial charge in [-0.3, -0.25) is 9.69 Å². The highest BCUT2D eigenvalue weighted by atomic mass is 19.4. The van der Waals surface area contributed by atoms with E-state index in [0.717, 1.165) is 17.0 Å². The number of allylic oxidation sites excluding steroid dienone is 1. The second-order valence-corrected chi connectivity index (χ2v) is 6.41. The molecule has 2 aromatic rings. The van der Waals surface area contributed by atoms with Gasteiger partial charge in [-0.05, 0) is 43.7 Å². The molecule has 6 nitrogen and oxygen atoms in total. The van der Waals surface area contributed by atoms with E-state index in [-0.39, 0.29) is 28.4 Å². The van der Waals surface area contributed by atoms with Crippen LogP contribution in [0.1, 0.15) is 36.7 Å². The molecule has 1 aliphatic rings. The number of halogens is 3. The van der Waals surface area contributed by atoms with Crippen molar-refractivity contribution in [2.75, 3.05) is 4.90 Å². The lowest BCUT2D eigenvalue weighted by molar-refractivity contribution is -0.137. The van der Waals surface area contributed by atoms with Gasteiger partial charge in [-0.15, -0.1) is 0 Å². The molecule has 0 radical (unpaired) electrons. The van der Waals surface area contributed by atoms with Crippen molar-refractivity contribution in [3.63, 3.8) is 0 Å². The number of carbonyl (C=O) groups excluding carboxylic acids is 2. The molecule has 1 aromatic heterocycles. The number of nitrogens with one attached hydrogen (secondary N) is 1. The van der Waals surface area contributed by atoms with E-state index in [1.54, 1.807) is 6.07 Å². The van der Waals surface area contributed by atoms with Crippen molar-refractivity contribution in [1.82, 2.24) is 10.3 Å². The maximum Gasteiger partial charge on any atom is 0.416 e. The van der Waals surface area contributed by atoms with Gasteiger partial charge in [-0.25, -0.2) is 9.78 Å². The Morgan fingerprint density at radius 3 is 2.55 bits per heavy atom. The first-order valence-electron chi connectivity index (χ1n) is 8.49. The van der Waals surface area contributed by atoms with Crippen LogP contribution in [0.2, 0.25) is 0 Å². The van der Waals surface area contributed by atoms with Crippen LogP contribution in [0, 0.1) is 11.3 Å². The first-order chi connectivity index (χ1) is 13.6. The normalized spacial score (nSPS) is 17.0. The van der Waals surface area contributed by atoms with Gasteiger partial charge >= 0.3 is 12.2 Å². The number of nitrogens with zero attached hydrogens (tertiary/aromatic N) is 3. The summed E-state index contributed by atoms with van der Waals surface area (Å²) >= 11 is 0. The molecule has 0 fully saturated rings. The molecule has 0 saturated carbocycles. The van der Waals surface area contributed by atoms with Crippen LogP contribution >= 0.6 is 0 Å². The zero-order valence-electron chi connectivity index (χ0n) is 15.4. The summed E-state index contributed by atoms with van der Waals surface area (Å²) in [4.78, 5) is 30.1. The summed E-state index contributed by atoms with van der Waals surface area (Å²) in [6.07, 6.45) is -3.19. The molecule has 1 unspecified atom stereocenters. The van der Waals surface area contributed by atoms with Crippen LogP contribution in [-0.4, -0.2) is 16.8 Å². The second kappa shape index (κ2) is 7.39. The van der Waals surface area contributed by atoms with E-state index in [4.69, 9.17) is 5.26 Å². The zero-order valence-corrected chi connectivity index (χ0v) is 15.4. The fourth-order valence-electron chi connectivity index (χ4n) is 3.22. The van der Waals surface area contributed by atoms with E-state index >= 15 is 0 Å². The third kappa shape index (κ3) is 3.82. The van der Waals surface area contributed by atoms with E-state index in [1.807, 2.05) is 6.07 Å². The lowest BCUT2D eigenvalue weighted by atomic mass is 9.93. The van der Waals surface area contributed by atoms with Gasteiger partial charge in [0.25, 0.3) is 0 Å². The molecule has 3 rings (SSSR count). The maximum atomic E-state index is 13.1. The molecular formula is C20H15F3N4O2. The lowest BCUT2D eigenvalue weighted by Gasteiger charge is -2.35. The number of Topliss-reactive ketones (excluding diaryl/α,β-unsaturated/α-hetero) is 1. The Morgan fingerprint density at radius 2 is 2.00 bits per heavy atom. The number of nitriles is 1. The van der Waals surface area contributed by atoms with Crippen LogP contribution in [-0.2, 0) is 11.0 Å². The van der Waals surface area contributed by atoms with Gasteiger partial charge in [0.2, 0.25) is 0 Å². The lowest BCUT2D eigenvalue weighted by Crippen LogP contribution is -2.47. The third-order valence-corrected chi connectivity index (χ3v) is 4.53. The monoisotopic (exact) mass is 400 g/mol. The molecule has 2 amide bonds. The highest BCUT2D eigenvalue weighted by Crippen LogP contribution is 2.36. The van der Waals surface area contributed by atoms with E-state index in [0.29, 0.717) is 5.56 Å². The Kier molecular flexibility index (Phi) is 5.12. The molecule has 9 heteroatoms. The van der Waals surface area contributed by atoms with E-state index in [2.05, 4.69) is 10.3 Å². The summed E-state index contributed by atoms with van der Waals surface area (Å²) < 4.78 is 39.2. The summed E-state index contributed by atoms with van der Waals surface area (Å²) in [5, 5.41) is 11.5. The molecule has 0 aliphatic carbocycles. The molecule has 29 heavy (non-hydrogen) atoms. The van der Waals surface area contributed by atoms with Gasteiger partial charge in [-0.2, -0.15) is 18.4 Å². The minimum atomic E-state index is -4.57. The topological polar surface area (TPSA) is 86.1 Å². The standard InChI is InChI=1S/C20H15F3N4O2/c1-11-17(12(2)28)18(13-6-7-15(9-24)25-10-13)26-19(29)27(11)16-5-3-4-14(8-16)20(21,22)23/h3-8,10,18H,1-2H3,(H,26,29). The number of amides is 2. The number of carbonyl (C=O) groups is 2. The van der Waals surface area contributed by atoms with E-state index in [9.17, 15) is 22.8 Å². The first kappa shape index (κ1) is 20.1. The quantitative estimate of drug-likeness (QED) is 0.840. The summed E-state index contributed by atoms with van der Waals surface area (Å²) in [6.45, 7) is 2.81. The number of rotatable bonds is 3. The smallest absolute Gasteiger partial charge is 0.326 e. The Bertz CT molecular complexity index is 1050. The van der Waals surface area contributed by atoms with E-state index < -0.39 is 23.8 Å². The average molecular weight is 400 g/mol. The van der Waals surface area contributed by atoms with Crippen LogP contribution in [0.25, 0.3) is 0 Å². The Labute approximate surface area is 164 Å². The minimum Gasteiger partial charge on any atom is -0.326 e. The van der Waals surface area contributed by atoms with Crippen molar-refractivity contribution < 1.29 is 22.8 Å². The van der Waals surface area contributed by atoms with Crippen molar-refractivity contribution in [3.8, 4) is 6.07 Å². The van der Waals surface area contributed by atoms with Crippen molar-refractivity contribution in [2.24, 2.45) is 0 Å². The highest BCUT2D eigenvalue weighted by Gasteiger charge is 2.36. The highest BCUT2D eigenvalue weighted by molar-refractivity contribution is 6.04. The zero-order chi connectivity index (χ0) is 21.3. The van der Waals surface area contributed by atoms with Crippen LogP contribution in [0.15, 0.2) is 53.9 Å². The van der Waals surface area contributed by atoms with Crippen LogP contribution < -0.4 is 10.2 Å². The maximum absolute atomic E-state index is 13.1. The van der Waals surface area contributed by atoms with Gasteiger partial charge in [-0.1, -0.05) is 12.1 Å². The molecular weight excluding hydrogens is 385 g/mol. The SMILES string of the molecule is CC(=O)C1=C(C)N(c2cccc(C(F)(F)F)c2)C(=O)NC1c1ccc(C#N)nc1. The molecule has 0 bridgehead atoms. The molecule has 2 heterocycles. The van der Waals surface area contributed by atoms with Crippen molar-refractivity contribution in [2.45, 2.75) is 26.1 Å². The summed E-state index contributed by atoms with van der Waals surface area (Å²) in [7, 11) is 0. The molecule has 0 spiro atoms.